The van der Waals surface area contributed by atoms with Crippen LogP contribution in [0.25, 0.3) is 0 Å². The highest BCUT2D eigenvalue weighted by Gasteiger charge is 2.27. The van der Waals surface area contributed by atoms with E-state index in [1.54, 1.807) is 12.3 Å². The second kappa shape index (κ2) is 6.18. The van der Waals surface area contributed by atoms with Crippen LogP contribution in [0.3, 0.4) is 0 Å². The number of aryl methyl sites for hydroxylation is 1. The molecule has 1 saturated heterocycles. The van der Waals surface area contributed by atoms with E-state index in [2.05, 4.69) is 15.0 Å². The molecule has 3 rings (SSSR count). The van der Waals surface area contributed by atoms with Crippen molar-refractivity contribution in [2.24, 2.45) is 5.92 Å². The summed E-state index contributed by atoms with van der Waals surface area (Å²) in [7, 11) is 0. The molecule has 1 fully saturated rings. The molecule has 0 aromatic carbocycles. The lowest BCUT2D eigenvalue weighted by Crippen LogP contribution is -2.38. The van der Waals surface area contributed by atoms with Crippen LogP contribution < -0.4 is 0 Å². The van der Waals surface area contributed by atoms with Crippen LogP contribution in [0.4, 0.5) is 0 Å². The van der Waals surface area contributed by atoms with E-state index >= 15 is 0 Å². The molecule has 0 saturated carbocycles. The van der Waals surface area contributed by atoms with Gasteiger partial charge in [0.15, 0.2) is 11.5 Å². The van der Waals surface area contributed by atoms with Gasteiger partial charge in [-0.2, -0.15) is 0 Å². The SMILES string of the molecule is Cc1cc(CN2CCCC(C(=O)c3ccccn3)C2)on1. The molecule has 0 spiro atoms. The molecule has 1 atom stereocenters. The van der Waals surface area contributed by atoms with E-state index in [-0.39, 0.29) is 11.7 Å². The lowest BCUT2D eigenvalue weighted by atomic mass is 9.92. The second-order valence-corrected chi connectivity index (χ2v) is 5.59. The van der Waals surface area contributed by atoms with Gasteiger partial charge in [-0.1, -0.05) is 11.2 Å². The Balaban J connectivity index is 1.64. The number of ketones is 1. The monoisotopic (exact) mass is 285 g/mol. The lowest BCUT2D eigenvalue weighted by molar-refractivity contribution is 0.0794. The minimum atomic E-state index is 0.0256. The number of likely N-dealkylation sites (tertiary alicyclic amines) is 1. The molecule has 21 heavy (non-hydrogen) atoms. The third-order valence-corrected chi connectivity index (χ3v) is 3.85. The van der Waals surface area contributed by atoms with Gasteiger partial charge in [0.25, 0.3) is 0 Å². The maximum Gasteiger partial charge on any atom is 0.185 e. The van der Waals surface area contributed by atoms with E-state index in [4.69, 9.17) is 4.52 Å². The molecule has 2 aromatic heterocycles. The fraction of sp³-hybridized carbons (Fsp3) is 0.438. The Labute approximate surface area is 124 Å². The molecule has 0 aliphatic carbocycles. The van der Waals surface area contributed by atoms with E-state index in [9.17, 15) is 4.79 Å². The topological polar surface area (TPSA) is 59.2 Å². The predicted octanol–water partition coefficient (Wildman–Crippen LogP) is 2.47. The van der Waals surface area contributed by atoms with Crippen LogP contribution in [0.15, 0.2) is 35.0 Å². The summed E-state index contributed by atoms with van der Waals surface area (Å²) in [4.78, 5) is 18.9. The van der Waals surface area contributed by atoms with Crippen LogP contribution in [-0.2, 0) is 6.54 Å². The third kappa shape index (κ3) is 3.36. The first-order chi connectivity index (χ1) is 10.2. The average Bonchev–Trinajstić information content (AvgIpc) is 2.93. The zero-order chi connectivity index (χ0) is 14.7. The van der Waals surface area contributed by atoms with Gasteiger partial charge in [-0.3, -0.25) is 14.7 Å². The maximum absolute atomic E-state index is 12.5. The van der Waals surface area contributed by atoms with Gasteiger partial charge in [0.2, 0.25) is 0 Å². The summed E-state index contributed by atoms with van der Waals surface area (Å²) in [6.07, 6.45) is 3.63. The Morgan fingerprint density at radius 1 is 1.48 bits per heavy atom. The van der Waals surface area contributed by atoms with Gasteiger partial charge in [-0.25, -0.2) is 0 Å². The van der Waals surface area contributed by atoms with Crippen LogP contribution in [0, 0.1) is 12.8 Å². The summed E-state index contributed by atoms with van der Waals surface area (Å²) in [6.45, 7) is 4.38. The van der Waals surface area contributed by atoms with Crippen LogP contribution in [0.2, 0.25) is 0 Å². The quantitative estimate of drug-likeness (QED) is 0.808. The highest BCUT2D eigenvalue weighted by atomic mass is 16.5. The molecule has 110 valence electrons. The normalized spacial score (nSPS) is 19.6. The van der Waals surface area contributed by atoms with Crippen molar-refractivity contribution in [3.05, 3.63) is 47.6 Å². The standard InChI is InChI=1S/C16H19N3O2/c1-12-9-14(21-18-12)11-19-8-4-5-13(10-19)16(20)15-6-2-3-7-17-15/h2-3,6-7,9,13H,4-5,8,10-11H2,1H3. The molecule has 3 heterocycles. The van der Waals surface area contributed by atoms with Crippen molar-refractivity contribution in [2.45, 2.75) is 26.3 Å². The van der Waals surface area contributed by atoms with Crippen molar-refractivity contribution in [3.63, 3.8) is 0 Å². The largest absolute Gasteiger partial charge is 0.360 e. The van der Waals surface area contributed by atoms with Gasteiger partial charge < -0.3 is 4.52 Å². The highest BCUT2D eigenvalue weighted by molar-refractivity contribution is 5.96. The fourth-order valence-electron chi connectivity index (χ4n) is 2.84. The van der Waals surface area contributed by atoms with E-state index in [0.29, 0.717) is 12.2 Å². The van der Waals surface area contributed by atoms with Crippen molar-refractivity contribution in [1.29, 1.82) is 0 Å². The summed E-state index contributed by atoms with van der Waals surface area (Å²) >= 11 is 0. The predicted molar refractivity (Wildman–Crippen MR) is 77.8 cm³/mol. The van der Waals surface area contributed by atoms with Gasteiger partial charge in [0, 0.05) is 24.7 Å². The molecule has 1 aliphatic rings. The fourth-order valence-corrected chi connectivity index (χ4v) is 2.84. The Hall–Kier alpha value is -2.01. The number of aromatic nitrogens is 2. The number of carbonyl (C=O) groups excluding carboxylic acids is 1. The minimum Gasteiger partial charge on any atom is -0.360 e. The smallest absolute Gasteiger partial charge is 0.185 e. The van der Waals surface area contributed by atoms with Crippen molar-refractivity contribution in [3.8, 4) is 0 Å². The van der Waals surface area contributed by atoms with Gasteiger partial charge in [0.1, 0.15) is 5.69 Å². The Kier molecular flexibility index (Phi) is 4.10. The molecule has 0 amide bonds. The molecule has 5 heteroatoms. The zero-order valence-electron chi connectivity index (χ0n) is 12.2. The number of pyridine rings is 1. The molecule has 1 aliphatic heterocycles. The van der Waals surface area contributed by atoms with E-state index in [0.717, 1.165) is 37.4 Å². The van der Waals surface area contributed by atoms with Gasteiger partial charge in [-0.15, -0.1) is 0 Å². The first-order valence-electron chi connectivity index (χ1n) is 7.32. The molecule has 5 nitrogen and oxygen atoms in total. The van der Waals surface area contributed by atoms with Crippen molar-refractivity contribution >= 4 is 5.78 Å². The molecule has 0 radical (unpaired) electrons. The minimum absolute atomic E-state index is 0.0256. The van der Waals surface area contributed by atoms with Gasteiger partial charge in [0.05, 0.1) is 12.2 Å². The molecule has 1 unspecified atom stereocenters. The Morgan fingerprint density at radius 2 is 2.38 bits per heavy atom. The summed E-state index contributed by atoms with van der Waals surface area (Å²) in [5, 5.41) is 3.91. The second-order valence-electron chi connectivity index (χ2n) is 5.59. The summed E-state index contributed by atoms with van der Waals surface area (Å²) in [5.74, 6) is 1.03. The third-order valence-electron chi connectivity index (χ3n) is 3.85. The molecule has 0 bridgehead atoms. The first-order valence-corrected chi connectivity index (χ1v) is 7.32. The van der Waals surface area contributed by atoms with Crippen LogP contribution in [0.1, 0.15) is 34.8 Å². The van der Waals surface area contributed by atoms with Crippen molar-refractivity contribution < 1.29 is 9.32 Å². The number of nitrogens with zero attached hydrogens (tertiary/aromatic N) is 3. The van der Waals surface area contributed by atoms with Crippen LogP contribution >= 0.6 is 0 Å². The lowest BCUT2D eigenvalue weighted by Gasteiger charge is -2.30. The number of hydrogen-bond donors (Lipinski definition) is 0. The Morgan fingerprint density at radius 3 is 3.10 bits per heavy atom. The van der Waals surface area contributed by atoms with Crippen molar-refractivity contribution in [2.75, 3.05) is 13.1 Å². The van der Waals surface area contributed by atoms with Crippen molar-refractivity contribution in [1.82, 2.24) is 15.0 Å². The summed E-state index contributed by atoms with van der Waals surface area (Å²) in [5.41, 5.74) is 1.46. The van der Waals surface area contributed by atoms with Gasteiger partial charge >= 0.3 is 0 Å². The summed E-state index contributed by atoms with van der Waals surface area (Å²) in [6, 6.07) is 7.43. The van der Waals surface area contributed by atoms with E-state index in [1.165, 1.54) is 0 Å². The van der Waals surface area contributed by atoms with Crippen LogP contribution in [0.5, 0.6) is 0 Å². The number of hydrogen-bond acceptors (Lipinski definition) is 5. The molecule has 2 aromatic rings. The highest BCUT2D eigenvalue weighted by Crippen LogP contribution is 2.21. The summed E-state index contributed by atoms with van der Waals surface area (Å²) < 4.78 is 5.26. The van der Waals surface area contributed by atoms with E-state index < -0.39 is 0 Å². The zero-order valence-corrected chi connectivity index (χ0v) is 12.2. The number of Topliss-reactive ketones (excluding diaryl/α,β-unsaturated/α-hetero) is 1. The molecular weight excluding hydrogens is 266 g/mol. The number of rotatable bonds is 4. The molecule has 0 N–H and O–H groups in total. The maximum atomic E-state index is 12.5. The number of piperidine rings is 1. The first kappa shape index (κ1) is 13.9. The molecular formula is C16H19N3O2. The van der Waals surface area contributed by atoms with E-state index in [1.807, 2.05) is 25.1 Å². The van der Waals surface area contributed by atoms with Crippen LogP contribution in [-0.4, -0.2) is 33.9 Å². The van der Waals surface area contributed by atoms with Gasteiger partial charge in [-0.05, 0) is 38.4 Å². The average molecular weight is 285 g/mol. The number of carbonyl (C=O) groups is 1. The Bertz CT molecular complexity index is 609.